The molecule has 0 amide bonds. The van der Waals surface area contributed by atoms with Crippen LogP contribution >= 0.6 is 15.9 Å². The van der Waals surface area contributed by atoms with Gasteiger partial charge in [0, 0.05) is 68.9 Å². The third-order valence-electron chi connectivity index (χ3n) is 10.2. The van der Waals surface area contributed by atoms with E-state index in [1.54, 1.807) is 47.9 Å². The first kappa shape index (κ1) is 52.7. The first-order valence-electron chi connectivity index (χ1n) is 22.0. The van der Waals surface area contributed by atoms with Crippen molar-refractivity contribution in [3.8, 4) is 17.5 Å². The first-order valence-corrected chi connectivity index (χ1v) is 30.2. The van der Waals surface area contributed by atoms with E-state index < -0.39 is 16.1 Å². The molecule has 0 saturated carbocycles. The second-order valence-corrected chi connectivity index (χ2v) is 30.4. The number of unbranched alkanes of at least 4 members (excludes halogenated alkanes) is 2. The number of imidazole rings is 2. The van der Waals surface area contributed by atoms with Crippen molar-refractivity contribution in [3.05, 3.63) is 94.5 Å². The molecule has 0 aliphatic rings. The summed E-state index contributed by atoms with van der Waals surface area (Å²) in [5.74, 6) is 0.727. The van der Waals surface area contributed by atoms with E-state index in [-0.39, 0.29) is 53.4 Å². The molecule has 0 fully saturated rings. The Kier molecular flexibility index (Phi) is 19.0. The van der Waals surface area contributed by atoms with Gasteiger partial charge in [0.05, 0.1) is 12.4 Å². The maximum absolute atomic E-state index is 13.3. The third kappa shape index (κ3) is 14.5. The van der Waals surface area contributed by atoms with E-state index in [4.69, 9.17) is 19.3 Å². The molecule has 0 atom stereocenters. The van der Waals surface area contributed by atoms with Crippen LogP contribution < -0.4 is 27.2 Å². The van der Waals surface area contributed by atoms with E-state index in [0.717, 1.165) is 48.9 Å². The summed E-state index contributed by atoms with van der Waals surface area (Å²) in [4.78, 5) is 68.1. The van der Waals surface area contributed by atoms with Crippen LogP contribution in [0.4, 0.5) is 0 Å². The van der Waals surface area contributed by atoms with E-state index in [9.17, 15) is 19.2 Å². The minimum Gasteiger partial charge on any atom is -0.506 e. The first-order chi connectivity index (χ1) is 30.6. The highest BCUT2D eigenvalue weighted by Gasteiger charge is 2.23. The average Bonchev–Trinajstić information content (AvgIpc) is 3.76. The number of nitrogens with zero attached hydrogens (tertiary/aromatic N) is 10. The van der Waals surface area contributed by atoms with Crippen LogP contribution in [0.25, 0.3) is 22.3 Å². The molecular formula is C44H67BrN10O8Si2. The maximum Gasteiger partial charge on any atom is 0.332 e. The van der Waals surface area contributed by atoms with Gasteiger partial charge in [0.15, 0.2) is 27.1 Å². The van der Waals surface area contributed by atoms with Crippen LogP contribution in [0, 0.1) is 13.8 Å². The lowest BCUT2D eigenvalue weighted by Gasteiger charge is -2.16. The fourth-order valence-corrected chi connectivity index (χ4v) is 8.30. The molecule has 0 saturated heterocycles. The smallest absolute Gasteiger partial charge is 0.332 e. The van der Waals surface area contributed by atoms with Crippen molar-refractivity contribution < 1.29 is 19.3 Å². The van der Waals surface area contributed by atoms with Crippen molar-refractivity contribution in [2.45, 2.75) is 131 Å². The van der Waals surface area contributed by atoms with Crippen molar-refractivity contribution in [1.82, 2.24) is 47.3 Å². The molecule has 21 heteroatoms. The van der Waals surface area contributed by atoms with Gasteiger partial charge in [-0.05, 0) is 78.0 Å². The van der Waals surface area contributed by atoms with Crippen LogP contribution in [-0.4, -0.2) is 81.8 Å². The summed E-state index contributed by atoms with van der Waals surface area (Å²) in [5.41, 5.74) is 1.86. The maximum atomic E-state index is 13.3. The number of ether oxygens (including phenoxy) is 3. The number of pyridine rings is 2. The summed E-state index contributed by atoms with van der Waals surface area (Å²) < 4.78 is 26.9. The highest BCUT2D eigenvalue weighted by atomic mass is 79.9. The van der Waals surface area contributed by atoms with Crippen molar-refractivity contribution in [3.63, 3.8) is 0 Å². The summed E-state index contributed by atoms with van der Waals surface area (Å²) >= 11 is 3.39. The van der Waals surface area contributed by atoms with E-state index in [2.05, 4.69) is 75.1 Å². The molecule has 0 aromatic carbocycles. The lowest BCUT2D eigenvalue weighted by atomic mass is 10.3. The molecule has 6 rings (SSSR count). The Morgan fingerprint density at radius 1 is 0.646 bits per heavy atom. The van der Waals surface area contributed by atoms with Gasteiger partial charge in [0.2, 0.25) is 0 Å². The molecule has 18 nitrogen and oxygen atoms in total. The molecule has 0 spiro atoms. The van der Waals surface area contributed by atoms with Gasteiger partial charge in [-0.15, -0.1) is 0 Å². The fourth-order valence-electron chi connectivity index (χ4n) is 6.33. The van der Waals surface area contributed by atoms with Crippen molar-refractivity contribution in [2.24, 2.45) is 14.1 Å². The van der Waals surface area contributed by atoms with Gasteiger partial charge in [0.1, 0.15) is 25.0 Å². The number of aromatic nitrogens is 10. The predicted octanol–water partition coefficient (Wildman–Crippen LogP) is 7.37. The molecule has 0 aliphatic carbocycles. The Bertz CT molecular complexity index is 2760. The van der Waals surface area contributed by atoms with E-state index in [0.29, 0.717) is 53.5 Å². The Balaban J connectivity index is 0.000000248. The fraction of sp³-hybridized carbons (Fsp3) is 0.545. The average molecular weight is 1000 g/mol. The summed E-state index contributed by atoms with van der Waals surface area (Å²) in [6, 6.07) is 5.74. The number of hydrogen-bond acceptors (Lipinski definition) is 12. The topological polar surface area (TPSA) is 197 Å². The van der Waals surface area contributed by atoms with E-state index >= 15 is 0 Å². The summed E-state index contributed by atoms with van der Waals surface area (Å²) in [7, 11) is 0.824. The van der Waals surface area contributed by atoms with Crippen LogP contribution in [-0.2, 0) is 50.1 Å². The van der Waals surface area contributed by atoms with Crippen molar-refractivity contribution in [2.75, 3.05) is 13.2 Å². The molecule has 65 heavy (non-hydrogen) atoms. The zero-order chi connectivity index (χ0) is 48.2. The lowest BCUT2D eigenvalue weighted by Crippen LogP contribution is -2.39. The van der Waals surface area contributed by atoms with Crippen molar-refractivity contribution >= 4 is 54.4 Å². The molecule has 0 radical (unpaired) electrons. The molecule has 356 valence electrons. The molecule has 6 heterocycles. The minimum atomic E-state index is -1.27. The Morgan fingerprint density at radius 2 is 1.11 bits per heavy atom. The van der Waals surface area contributed by atoms with Crippen LogP contribution in [0.3, 0.4) is 0 Å². The number of halogens is 1. The number of fused-ring (bicyclic) bond motifs is 2. The molecule has 0 bridgehead atoms. The normalized spacial score (nSPS) is 11.7. The summed E-state index contributed by atoms with van der Waals surface area (Å²) in [6.07, 6.45) is 9.72. The number of aryl methyl sites for hydroxylation is 4. The number of rotatable bonds is 18. The zero-order valence-electron chi connectivity index (χ0n) is 40.1. The van der Waals surface area contributed by atoms with Crippen molar-refractivity contribution in [1.29, 1.82) is 0 Å². The van der Waals surface area contributed by atoms with Gasteiger partial charge in [0.25, 0.3) is 11.1 Å². The van der Waals surface area contributed by atoms with Gasteiger partial charge in [-0.3, -0.25) is 47.0 Å². The lowest BCUT2D eigenvalue weighted by molar-refractivity contribution is 0.0848. The second-order valence-electron chi connectivity index (χ2n) is 18.5. The molecule has 6 aromatic rings. The van der Waals surface area contributed by atoms with Crippen LogP contribution in [0.2, 0.25) is 51.4 Å². The molecule has 0 aliphatic heterocycles. The number of hydrogen-bond donors (Lipinski definition) is 1. The Labute approximate surface area is 390 Å². The Hall–Kier alpha value is -4.97. The van der Waals surface area contributed by atoms with Crippen LogP contribution in [0.5, 0.6) is 17.5 Å². The van der Waals surface area contributed by atoms with E-state index in [1.165, 1.54) is 24.5 Å². The highest BCUT2D eigenvalue weighted by molar-refractivity contribution is 9.10. The van der Waals surface area contributed by atoms with Gasteiger partial charge in [-0.2, -0.15) is 4.98 Å². The predicted molar refractivity (Wildman–Crippen MR) is 264 cm³/mol. The van der Waals surface area contributed by atoms with Crippen LogP contribution in [0.1, 0.15) is 50.7 Å². The quantitative estimate of drug-likeness (QED) is 0.0511. The molecule has 6 aromatic heterocycles. The Morgan fingerprint density at radius 3 is 1.55 bits per heavy atom. The van der Waals surface area contributed by atoms with Gasteiger partial charge in [-0.25, -0.2) is 14.6 Å². The second kappa shape index (κ2) is 23.5. The monoisotopic (exact) mass is 998 g/mol. The standard InChI is InChI=1S/C22H33N5O4Si.C16H27BrN4O3Si.C6H7NO/c1-7-8-9-26-20(28)18-19(25(3)22(26)29)24-21(31-17-12-16(2)13-23-14-17)27(18)15-30-10-11-32(4,5)6;1-6-7-8-20-14(22)12-13(19(2)16(20)23)18-15(17)21(12)11-24-9-10-25(3,4)5;1-5-2-6(8)4-7-3-5/h12-14H,7-11,15H2,1-6H3;6-11H2,1-5H3;2-4,8H,1H3. The SMILES string of the molecule is CCCCn1c(=O)c2c(nc(Br)n2COCC[Si](C)(C)C)n(C)c1=O.CCCCn1c(=O)c2c(nc(Oc3cncc(C)c3)n2COCC[Si](C)(C)C)n(C)c1=O.Cc1cncc(O)c1. The summed E-state index contributed by atoms with van der Waals surface area (Å²) in [5, 5.41) is 8.75. The highest BCUT2D eigenvalue weighted by Crippen LogP contribution is 2.25. The minimum absolute atomic E-state index is 0.108. The summed E-state index contributed by atoms with van der Waals surface area (Å²) in [6.45, 7) is 23.9. The number of aromatic hydroxyl groups is 1. The zero-order valence-corrected chi connectivity index (χ0v) is 43.7. The van der Waals surface area contributed by atoms with Crippen LogP contribution in [0.15, 0.2) is 60.8 Å². The molecule has 1 N–H and O–H groups in total. The van der Waals surface area contributed by atoms with Gasteiger partial charge >= 0.3 is 17.4 Å². The molecular weight excluding hydrogens is 933 g/mol. The van der Waals surface area contributed by atoms with Gasteiger partial charge in [-0.1, -0.05) is 66.0 Å². The molecule has 0 unspecified atom stereocenters. The third-order valence-corrected chi connectivity index (χ3v) is 14.2. The largest absolute Gasteiger partial charge is 0.506 e. The van der Waals surface area contributed by atoms with Gasteiger partial charge < -0.3 is 19.3 Å². The van der Waals surface area contributed by atoms with E-state index in [1.807, 2.05) is 33.8 Å².